The van der Waals surface area contributed by atoms with Crippen LogP contribution in [0.25, 0.3) is 0 Å². The molecule has 0 aliphatic rings. The Kier molecular flexibility index (Phi) is 5.65. The van der Waals surface area contributed by atoms with Crippen LogP contribution in [0.3, 0.4) is 0 Å². The first-order valence-corrected chi connectivity index (χ1v) is 6.33. The summed E-state index contributed by atoms with van der Waals surface area (Å²) in [5.41, 5.74) is 7.43. The van der Waals surface area contributed by atoms with Crippen LogP contribution in [0.2, 0.25) is 0 Å². The van der Waals surface area contributed by atoms with E-state index in [1.165, 1.54) is 12.0 Å². The normalized spacial score (nSPS) is 13.9. The Hall–Kier alpha value is -1.55. The topological polar surface area (TPSA) is 70.6 Å². The Morgan fingerprint density at radius 3 is 2.39 bits per heavy atom. The number of benzene rings is 1. The number of hydrogen-bond donors (Lipinski definition) is 3. The third-order valence-corrected chi connectivity index (χ3v) is 2.84. The number of nitrogens with two attached hydrogens (primary N) is 1. The van der Waals surface area contributed by atoms with Gasteiger partial charge in [0.05, 0.1) is 0 Å². The highest BCUT2D eigenvalue weighted by atomic mass is 16.4. The van der Waals surface area contributed by atoms with Crippen molar-refractivity contribution in [3.05, 3.63) is 35.4 Å². The van der Waals surface area contributed by atoms with Gasteiger partial charge in [-0.25, -0.2) is 0 Å². The van der Waals surface area contributed by atoms with Gasteiger partial charge < -0.3 is 16.3 Å². The van der Waals surface area contributed by atoms with E-state index in [0.717, 1.165) is 12.1 Å². The van der Waals surface area contributed by atoms with E-state index in [2.05, 4.69) is 31.2 Å². The van der Waals surface area contributed by atoms with E-state index in [-0.39, 0.29) is 5.84 Å². The summed E-state index contributed by atoms with van der Waals surface area (Å²) in [4.78, 5) is 0. The van der Waals surface area contributed by atoms with Gasteiger partial charge in [-0.1, -0.05) is 43.3 Å². The van der Waals surface area contributed by atoms with E-state index < -0.39 is 0 Å². The van der Waals surface area contributed by atoms with Crippen LogP contribution in [0.4, 0.5) is 0 Å². The maximum absolute atomic E-state index is 8.57. The predicted molar refractivity (Wildman–Crippen MR) is 74.7 cm³/mol. The maximum Gasteiger partial charge on any atom is 0.170 e. The van der Waals surface area contributed by atoms with Crippen molar-refractivity contribution in [1.29, 1.82) is 0 Å². The van der Waals surface area contributed by atoms with Gasteiger partial charge in [-0.15, -0.1) is 0 Å². The SMILES string of the molecule is CC(C)CC(C)NCc1ccc(C(N)=NO)cc1. The fourth-order valence-corrected chi connectivity index (χ4v) is 1.93. The number of rotatable bonds is 6. The maximum atomic E-state index is 8.57. The van der Waals surface area contributed by atoms with Crippen LogP contribution >= 0.6 is 0 Å². The molecule has 0 bridgehead atoms. The Labute approximate surface area is 109 Å². The summed E-state index contributed by atoms with van der Waals surface area (Å²) in [5, 5.41) is 15.0. The van der Waals surface area contributed by atoms with Crippen LogP contribution in [0.15, 0.2) is 29.4 Å². The molecule has 0 saturated carbocycles. The lowest BCUT2D eigenvalue weighted by atomic mass is 10.0. The molecule has 1 aromatic rings. The van der Waals surface area contributed by atoms with Crippen LogP contribution in [-0.4, -0.2) is 17.1 Å². The van der Waals surface area contributed by atoms with Crippen LogP contribution in [-0.2, 0) is 6.54 Å². The van der Waals surface area contributed by atoms with Crippen molar-refractivity contribution in [3.63, 3.8) is 0 Å². The van der Waals surface area contributed by atoms with Gasteiger partial charge in [0.25, 0.3) is 0 Å². The average molecular weight is 249 g/mol. The fraction of sp³-hybridized carbons (Fsp3) is 0.500. The van der Waals surface area contributed by atoms with Gasteiger partial charge in [-0.3, -0.25) is 0 Å². The molecule has 0 spiro atoms. The summed E-state index contributed by atoms with van der Waals surface area (Å²) in [5.74, 6) is 0.845. The molecule has 4 N–H and O–H groups in total. The van der Waals surface area contributed by atoms with Gasteiger partial charge in [0.15, 0.2) is 5.84 Å². The third-order valence-electron chi connectivity index (χ3n) is 2.84. The lowest BCUT2D eigenvalue weighted by Gasteiger charge is -2.16. The number of amidine groups is 1. The molecule has 1 unspecified atom stereocenters. The minimum absolute atomic E-state index is 0.141. The second-order valence-corrected chi connectivity index (χ2v) is 5.09. The van der Waals surface area contributed by atoms with Crippen molar-refractivity contribution in [2.24, 2.45) is 16.8 Å². The lowest BCUT2D eigenvalue weighted by Crippen LogP contribution is -2.26. The Morgan fingerprint density at radius 1 is 1.28 bits per heavy atom. The highest BCUT2D eigenvalue weighted by molar-refractivity contribution is 5.96. The quantitative estimate of drug-likeness (QED) is 0.313. The van der Waals surface area contributed by atoms with Crippen molar-refractivity contribution >= 4 is 5.84 Å². The molecule has 0 aromatic heterocycles. The minimum atomic E-state index is 0.141. The predicted octanol–water partition coefficient (Wildman–Crippen LogP) is 2.31. The van der Waals surface area contributed by atoms with Gasteiger partial charge in [0, 0.05) is 18.2 Å². The van der Waals surface area contributed by atoms with E-state index in [4.69, 9.17) is 10.9 Å². The summed E-state index contributed by atoms with van der Waals surface area (Å²) in [7, 11) is 0. The summed E-state index contributed by atoms with van der Waals surface area (Å²) in [6.45, 7) is 7.49. The second kappa shape index (κ2) is 7.01. The monoisotopic (exact) mass is 249 g/mol. The molecule has 0 saturated heterocycles. The van der Waals surface area contributed by atoms with Crippen LogP contribution in [0.5, 0.6) is 0 Å². The van der Waals surface area contributed by atoms with Crippen molar-refractivity contribution in [1.82, 2.24) is 5.32 Å². The molecule has 4 heteroatoms. The molecule has 0 fully saturated rings. The van der Waals surface area contributed by atoms with Crippen molar-refractivity contribution in [2.75, 3.05) is 0 Å². The number of nitrogens with one attached hydrogen (secondary N) is 1. The Morgan fingerprint density at radius 2 is 1.89 bits per heavy atom. The summed E-state index contributed by atoms with van der Waals surface area (Å²) in [6, 6.07) is 8.21. The molecule has 1 atom stereocenters. The molecule has 1 aromatic carbocycles. The van der Waals surface area contributed by atoms with Gasteiger partial charge in [-0.2, -0.15) is 0 Å². The summed E-state index contributed by atoms with van der Waals surface area (Å²) in [6.07, 6.45) is 1.17. The molecule has 0 aliphatic heterocycles. The zero-order valence-electron chi connectivity index (χ0n) is 11.4. The highest BCUT2D eigenvalue weighted by Gasteiger charge is 2.04. The van der Waals surface area contributed by atoms with Crippen molar-refractivity contribution in [3.8, 4) is 0 Å². The van der Waals surface area contributed by atoms with Gasteiger partial charge in [0.2, 0.25) is 0 Å². The number of hydrogen-bond acceptors (Lipinski definition) is 3. The molecule has 0 amide bonds. The van der Waals surface area contributed by atoms with E-state index >= 15 is 0 Å². The number of nitrogens with zero attached hydrogens (tertiary/aromatic N) is 1. The molecule has 18 heavy (non-hydrogen) atoms. The summed E-state index contributed by atoms with van der Waals surface area (Å²) < 4.78 is 0. The van der Waals surface area contributed by atoms with E-state index in [1.54, 1.807) is 0 Å². The molecule has 0 radical (unpaired) electrons. The first kappa shape index (κ1) is 14.5. The first-order valence-electron chi connectivity index (χ1n) is 6.33. The van der Waals surface area contributed by atoms with E-state index in [9.17, 15) is 0 Å². The van der Waals surface area contributed by atoms with E-state index in [0.29, 0.717) is 12.0 Å². The van der Waals surface area contributed by atoms with Crippen LogP contribution in [0.1, 0.15) is 38.3 Å². The second-order valence-electron chi connectivity index (χ2n) is 5.09. The molecular weight excluding hydrogens is 226 g/mol. The lowest BCUT2D eigenvalue weighted by molar-refractivity contribution is 0.318. The standard InChI is InChI=1S/C14H23N3O/c1-10(2)8-11(3)16-9-12-4-6-13(7-5-12)14(15)17-18/h4-7,10-11,16,18H,8-9H2,1-3H3,(H2,15,17). The zero-order valence-corrected chi connectivity index (χ0v) is 11.4. The third kappa shape index (κ3) is 4.75. The van der Waals surface area contributed by atoms with Gasteiger partial charge in [0.1, 0.15) is 0 Å². The molecule has 1 rings (SSSR count). The fourth-order valence-electron chi connectivity index (χ4n) is 1.93. The molecule has 4 nitrogen and oxygen atoms in total. The van der Waals surface area contributed by atoms with Crippen LogP contribution < -0.4 is 11.1 Å². The first-order chi connectivity index (χ1) is 8.52. The Balaban J connectivity index is 2.49. The molecule has 0 aliphatic carbocycles. The summed E-state index contributed by atoms with van der Waals surface area (Å²) >= 11 is 0. The average Bonchev–Trinajstić information content (AvgIpc) is 2.35. The largest absolute Gasteiger partial charge is 0.409 e. The molecular formula is C14H23N3O. The van der Waals surface area contributed by atoms with E-state index in [1.807, 2.05) is 24.3 Å². The van der Waals surface area contributed by atoms with Crippen LogP contribution in [0, 0.1) is 5.92 Å². The molecule has 0 heterocycles. The highest BCUT2D eigenvalue weighted by Crippen LogP contribution is 2.07. The number of oxime groups is 1. The van der Waals surface area contributed by atoms with Crippen molar-refractivity contribution < 1.29 is 5.21 Å². The minimum Gasteiger partial charge on any atom is -0.409 e. The van der Waals surface area contributed by atoms with Crippen molar-refractivity contribution in [2.45, 2.75) is 39.8 Å². The smallest absolute Gasteiger partial charge is 0.170 e. The molecule has 100 valence electrons. The Bertz CT molecular complexity index is 385. The van der Waals surface area contributed by atoms with Gasteiger partial charge in [-0.05, 0) is 24.8 Å². The zero-order chi connectivity index (χ0) is 13.5. The van der Waals surface area contributed by atoms with Gasteiger partial charge >= 0.3 is 0 Å².